The molecule has 3 heteroatoms. The minimum Gasteiger partial charge on any atom is -0.493 e. The molecule has 0 aliphatic carbocycles. The summed E-state index contributed by atoms with van der Waals surface area (Å²) in [6.45, 7) is 8.04. The molecule has 0 saturated carbocycles. The van der Waals surface area contributed by atoms with Crippen LogP contribution in [-0.4, -0.2) is 37.7 Å². The molecule has 116 valence electrons. The quantitative estimate of drug-likeness (QED) is 0.842. The van der Waals surface area contributed by atoms with Gasteiger partial charge in [0.25, 0.3) is 0 Å². The SMILES string of the molecule is CC1COc2ccccc2C1NCCCN1CCCCC1. The minimum absolute atomic E-state index is 0.441. The minimum atomic E-state index is 0.441. The lowest BCUT2D eigenvalue weighted by molar-refractivity contribution is 0.184. The molecular formula is C18H28N2O. The Kier molecular flexibility index (Phi) is 5.15. The molecule has 2 unspecified atom stereocenters. The number of para-hydroxylation sites is 1. The third-order valence-electron chi connectivity index (χ3n) is 4.79. The Morgan fingerprint density at radius 1 is 1.19 bits per heavy atom. The molecule has 0 radical (unpaired) electrons. The van der Waals surface area contributed by atoms with Crippen molar-refractivity contribution in [3.8, 4) is 5.75 Å². The molecule has 1 saturated heterocycles. The van der Waals surface area contributed by atoms with Gasteiger partial charge in [0.15, 0.2) is 0 Å². The normalized spacial score (nSPS) is 26.1. The molecule has 2 heterocycles. The molecule has 0 spiro atoms. The van der Waals surface area contributed by atoms with E-state index in [1.165, 1.54) is 50.9 Å². The Hall–Kier alpha value is -1.06. The van der Waals surface area contributed by atoms with Gasteiger partial charge < -0.3 is 15.0 Å². The van der Waals surface area contributed by atoms with Crippen LogP contribution < -0.4 is 10.1 Å². The van der Waals surface area contributed by atoms with Crippen molar-refractivity contribution in [2.45, 2.75) is 38.6 Å². The van der Waals surface area contributed by atoms with Gasteiger partial charge in [0.1, 0.15) is 5.75 Å². The van der Waals surface area contributed by atoms with E-state index in [0.717, 1.165) is 18.9 Å². The summed E-state index contributed by atoms with van der Waals surface area (Å²) in [5.74, 6) is 1.60. The van der Waals surface area contributed by atoms with Crippen LogP contribution in [0.1, 0.15) is 44.2 Å². The molecule has 0 aromatic heterocycles. The monoisotopic (exact) mass is 288 g/mol. The second-order valence-corrected chi connectivity index (χ2v) is 6.51. The van der Waals surface area contributed by atoms with E-state index in [-0.39, 0.29) is 0 Å². The number of hydrogen-bond acceptors (Lipinski definition) is 3. The lowest BCUT2D eigenvalue weighted by atomic mass is 9.92. The molecule has 3 nitrogen and oxygen atoms in total. The smallest absolute Gasteiger partial charge is 0.124 e. The average molecular weight is 288 g/mol. The first-order valence-electron chi connectivity index (χ1n) is 8.52. The summed E-state index contributed by atoms with van der Waals surface area (Å²) in [7, 11) is 0. The summed E-state index contributed by atoms with van der Waals surface area (Å²) < 4.78 is 5.82. The van der Waals surface area contributed by atoms with Gasteiger partial charge in [0.05, 0.1) is 6.61 Å². The second kappa shape index (κ2) is 7.28. The molecule has 21 heavy (non-hydrogen) atoms. The van der Waals surface area contributed by atoms with Crippen molar-refractivity contribution in [3.05, 3.63) is 29.8 Å². The van der Waals surface area contributed by atoms with E-state index in [9.17, 15) is 0 Å². The fraction of sp³-hybridized carbons (Fsp3) is 0.667. The van der Waals surface area contributed by atoms with Crippen molar-refractivity contribution in [3.63, 3.8) is 0 Å². The fourth-order valence-electron chi connectivity index (χ4n) is 3.55. The number of nitrogens with one attached hydrogen (secondary N) is 1. The van der Waals surface area contributed by atoms with Gasteiger partial charge in [0.2, 0.25) is 0 Å². The molecule has 1 aromatic rings. The largest absolute Gasteiger partial charge is 0.493 e. The molecular weight excluding hydrogens is 260 g/mol. The highest BCUT2D eigenvalue weighted by Gasteiger charge is 2.26. The lowest BCUT2D eigenvalue weighted by Gasteiger charge is -2.32. The molecule has 2 aliphatic heterocycles. The summed E-state index contributed by atoms with van der Waals surface area (Å²) in [4.78, 5) is 2.62. The van der Waals surface area contributed by atoms with Crippen LogP contribution in [0.15, 0.2) is 24.3 Å². The molecule has 3 rings (SSSR count). The predicted octanol–water partition coefficient (Wildman–Crippen LogP) is 3.22. The van der Waals surface area contributed by atoms with E-state index in [2.05, 4.69) is 41.4 Å². The third kappa shape index (κ3) is 3.78. The highest BCUT2D eigenvalue weighted by Crippen LogP contribution is 2.34. The van der Waals surface area contributed by atoms with Crippen LogP contribution in [0.3, 0.4) is 0 Å². The predicted molar refractivity (Wildman–Crippen MR) is 86.8 cm³/mol. The van der Waals surface area contributed by atoms with E-state index in [0.29, 0.717) is 12.0 Å². The first kappa shape index (κ1) is 14.9. The second-order valence-electron chi connectivity index (χ2n) is 6.51. The summed E-state index contributed by atoms with van der Waals surface area (Å²) in [5.41, 5.74) is 1.33. The van der Waals surface area contributed by atoms with E-state index >= 15 is 0 Å². The van der Waals surface area contributed by atoms with Crippen molar-refractivity contribution >= 4 is 0 Å². The number of hydrogen-bond donors (Lipinski definition) is 1. The van der Waals surface area contributed by atoms with E-state index in [1.54, 1.807) is 0 Å². The molecule has 0 amide bonds. The number of nitrogens with zero attached hydrogens (tertiary/aromatic N) is 1. The van der Waals surface area contributed by atoms with Gasteiger partial charge in [0, 0.05) is 17.5 Å². The van der Waals surface area contributed by atoms with Crippen LogP contribution >= 0.6 is 0 Å². The first-order chi connectivity index (χ1) is 10.3. The maximum Gasteiger partial charge on any atom is 0.124 e. The summed E-state index contributed by atoms with van der Waals surface area (Å²) in [5, 5.41) is 3.76. The summed E-state index contributed by atoms with van der Waals surface area (Å²) in [6.07, 6.45) is 5.44. The Bertz CT molecular complexity index is 443. The van der Waals surface area contributed by atoms with Crippen LogP contribution in [0, 0.1) is 5.92 Å². The molecule has 2 atom stereocenters. The average Bonchev–Trinajstić information content (AvgIpc) is 2.54. The van der Waals surface area contributed by atoms with Crippen molar-refractivity contribution in [2.75, 3.05) is 32.8 Å². The van der Waals surface area contributed by atoms with Crippen molar-refractivity contribution in [1.82, 2.24) is 10.2 Å². The summed E-state index contributed by atoms with van der Waals surface area (Å²) in [6, 6.07) is 8.90. The van der Waals surface area contributed by atoms with Crippen LogP contribution in [0.25, 0.3) is 0 Å². The zero-order valence-electron chi connectivity index (χ0n) is 13.2. The standard InChI is InChI=1S/C18H28N2O/c1-15-14-21-17-9-4-3-8-16(17)18(15)19-10-7-13-20-11-5-2-6-12-20/h3-4,8-9,15,18-19H,2,5-7,10-14H2,1H3. The van der Waals surface area contributed by atoms with Gasteiger partial charge in [-0.25, -0.2) is 0 Å². The van der Waals surface area contributed by atoms with Crippen molar-refractivity contribution in [1.29, 1.82) is 0 Å². The Morgan fingerprint density at radius 2 is 2.00 bits per heavy atom. The van der Waals surface area contributed by atoms with E-state index in [1.807, 2.05) is 0 Å². The zero-order valence-corrected chi connectivity index (χ0v) is 13.2. The van der Waals surface area contributed by atoms with Gasteiger partial charge in [-0.2, -0.15) is 0 Å². The molecule has 1 N–H and O–H groups in total. The van der Waals surface area contributed by atoms with Crippen LogP contribution in [-0.2, 0) is 0 Å². The van der Waals surface area contributed by atoms with Gasteiger partial charge in [-0.3, -0.25) is 0 Å². The number of likely N-dealkylation sites (tertiary alicyclic amines) is 1. The number of rotatable bonds is 5. The number of benzene rings is 1. The van der Waals surface area contributed by atoms with Gasteiger partial charge in [-0.1, -0.05) is 31.5 Å². The fourth-order valence-corrected chi connectivity index (χ4v) is 3.55. The topological polar surface area (TPSA) is 24.5 Å². The Morgan fingerprint density at radius 3 is 2.86 bits per heavy atom. The Labute approximate surface area is 128 Å². The third-order valence-corrected chi connectivity index (χ3v) is 4.79. The highest BCUT2D eigenvalue weighted by molar-refractivity contribution is 5.37. The Balaban J connectivity index is 1.48. The lowest BCUT2D eigenvalue weighted by Crippen LogP contribution is -2.36. The van der Waals surface area contributed by atoms with Crippen molar-refractivity contribution in [2.24, 2.45) is 5.92 Å². The van der Waals surface area contributed by atoms with Crippen molar-refractivity contribution < 1.29 is 4.74 Å². The number of fused-ring (bicyclic) bond motifs is 1. The molecule has 1 aromatic carbocycles. The molecule has 2 aliphatic rings. The van der Waals surface area contributed by atoms with Crippen LogP contribution in [0.4, 0.5) is 0 Å². The molecule has 0 bridgehead atoms. The van der Waals surface area contributed by atoms with E-state index < -0.39 is 0 Å². The summed E-state index contributed by atoms with van der Waals surface area (Å²) >= 11 is 0. The highest BCUT2D eigenvalue weighted by atomic mass is 16.5. The van der Waals surface area contributed by atoms with Gasteiger partial charge in [-0.15, -0.1) is 0 Å². The maximum atomic E-state index is 5.82. The molecule has 1 fully saturated rings. The first-order valence-corrected chi connectivity index (χ1v) is 8.52. The number of ether oxygens (including phenoxy) is 1. The van der Waals surface area contributed by atoms with Gasteiger partial charge >= 0.3 is 0 Å². The van der Waals surface area contributed by atoms with E-state index in [4.69, 9.17) is 4.74 Å². The maximum absolute atomic E-state index is 5.82. The number of piperidine rings is 1. The van der Waals surface area contributed by atoms with Gasteiger partial charge in [-0.05, 0) is 51.5 Å². The zero-order chi connectivity index (χ0) is 14.5. The van der Waals surface area contributed by atoms with Crippen LogP contribution in [0.5, 0.6) is 5.75 Å². The van der Waals surface area contributed by atoms with Crippen LogP contribution in [0.2, 0.25) is 0 Å².